The van der Waals surface area contributed by atoms with Crippen LogP contribution in [-0.2, 0) is 4.74 Å². The maximum atomic E-state index is 11.5. The number of ether oxygens (including phenoxy) is 1. The van der Waals surface area contributed by atoms with Gasteiger partial charge in [0.25, 0.3) is 0 Å². The van der Waals surface area contributed by atoms with Gasteiger partial charge in [-0.15, -0.1) is 0 Å². The zero-order valence-corrected chi connectivity index (χ0v) is 16.7. The van der Waals surface area contributed by atoms with Crippen molar-refractivity contribution in [2.24, 2.45) is 34.5 Å². The first-order valence-corrected chi connectivity index (χ1v) is 11.2. The molecule has 25 heavy (non-hydrogen) atoms. The minimum atomic E-state index is -0.381. The second-order valence-corrected chi connectivity index (χ2v) is 11.1. The summed E-state index contributed by atoms with van der Waals surface area (Å²) in [5, 5.41) is 11.5. The Bertz CT molecular complexity index is 554. The summed E-state index contributed by atoms with van der Waals surface area (Å²) in [6, 6.07) is 0. The topological polar surface area (TPSA) is 32.8 Å². The quantitative estimate of drug-likeness (QED) is 0.686. The molecule has 2 heteroatoms. The van der Waals surface area contributed by atoms with Gasteiger partial charge in [-0.05, 0) is 98.7 Å². The van der Waals surface area contributed by atoms with Gasteiger partial charge < -0.3 is 9.84 Å². The lowest BCUT2D eigenvalue weighted by molar-refractivity contribution is -0.157. The summed E-state index contributed by atoms with van der Waals surface area (Å²) in [6.07, 6.45) is 14.0. The predicted octanol–water partition coefficient (Wildman–Crippen LogP) is 5.33. The largest absolute Gasteiger partial charge is 0.389 e. The molecule has 1 N–H and O–H groups in total. The van der Waals surface area contributed by atoms with E-state index in [1.54, 1.807) is 0 Å². The van der Waals surface area contributed by atoms with Crippen LogP contribution in [0.15, 0.2) is 0 Å². The van der Waals surface area contributed by atoms with Gasteiger partial charge in [0, 0.05) is 0 Å². The van der Waals surface area contributed by atoms with Crippen molar-refractivity contribution < 1.29 is 9.84 Å². The Morgan fingerprint density at radius 3 is 2.44 bits per heavy atom. The van der Waals surface area contributed by atoms with Crippen LogP contribution in [0.2, 0.25) is 0 Å². The molecule has 1 aliphatic heterocycles. The lowest BCUT2D eigenvalue weighted by atomic mass is 9.44. The molecule has 0 aromatic heterocycles. The molecule has 5 aliphatic rings. The van der Waals surface area contributed by atoms with Crippen molar-refractivity contribution in [3.05, 3.63) is 0 Å². The fraction of sp³-hybridized carbons (Fsp3) is 1.00. The molecule has 2 nitrogen and oxygen atoms in total. The molecular weight excluding hydrogens is 308 g/mol. The van der Waals surface area contributed by atoms with E-state index in [1.807, 2.05) is 0 Å². The molecule has 5 fully saturated rings. The molecule has 5 rings (SSSR count). The highest BCUT2D eigenvalue weighted by atomic mass is 16.6. The van der Waals surface area contributed by atoms with E-state index in [-0.39, 0.29) is 11.0 Å². The minimum Gasteiger partial charge on any atom is -0.389 e. The van der Waals surface area contributed by atoms with Crippen LogP contribution >= 0.6 is 0 Å². The molecular formula is C23H38O2. The van der Waals surface area contributed by atoms with Crippen LogP contribution in [0.5, 0.6) is 0 Å². The van der Waals surface area contributed by atoms with Gasteiger partial charge in [0.1, 0.15) is 0 Å². The van der Waals surface area contributed by atoms with Crippen LogP contribution < -0.4 is 0 Å². The zero-order valence-electron chi connectivity index (χ0n) is 16.7. The lowest BCUT2D eigenvalue weighted by Crippen LogP contribution is -2.57. The second kappa shape index (κ2) is 5.25. The molecule has 0 amide bonds. The Labute approximate surface area is 154 Å². The van der Waals surface area contributed by atoms with E-state index in [0.29, 0.717) is 11.0 Å². The molecule has 8 atom stereocenters. The fourth-order valence-electron chi connectivity index (χ4n) is 8.61. The summed E-state index contributed by atoms with van der Waals surface area (Å²) in [4.78, 5) is 0. The lowest BCUT2D eigenvalue weighted by Gasteiger charge is -2.61. The van der Waals surface area contributed by atoms with E-state index in [0.717, 1.165) is 49.5 Å². The Morgan fingerprint density at radius 2 is 1.72 bits per heavy atom. The van der Waals surface area contributed by atoms with E-state index >= 15 is 0 Å². The molecule has 1 heterocycles. The maximum Gasteiger partial charge on any atom is 0.0919 e. The Morgan fingerprint density at radius 1 is 0.960 bits per heavy atom. The number of epoxide rings is 1. The van der Waals surface area contributed by atoms with Gasteiger partial charge in [0.15, 0.2) is 0 Å². The highest BCUT2D eigenvalue weighted by Crippen LogP contribution is 2.70. The molecule has 0 aromatic carbocycles. The molecule has 1 saturated heterocycles. The van der Waals surface area contributed by atoms with Crippen molar-refractivity contribution in [2.45, 2.75) is 103 Å². The van der Waals surface area contributed by atoms with E-state index in [9.17, 15) is 5.11 Å². The van der Waals surface area contributed by atoms with Gasteiger partial charge in [-0.25, -0.2) is 0 Å². The molecule has 0 aromatic rings. The van der Waals surface area contributed by atoms with Crippen molar-refractivity contribution in [1.82, 2.24) is 0 Å². The third kappa shape index (κ3) is 2.16. The van der Waals surface area contributed by atoms with Crippen molar-refractivity contribution in [3.8, 4) is 0 Å². The number of aliphatic hydroxyl groups is 1. The van der Waals surface area contributed by atoms with Crippen LogP contribution in [-0.4, -0.2) is 22.9 Å². The summed E-state index contributed by atoms with van der Waals surface area (Å²) in [5.41, 5.74) is 0.665. The molecule has 8 unspecified atom stereocenters. The van der Waals surface area contributed by atoms with Crippen molar-refractivity contribution in [2.75, 3.05) is 6.61 Å². The first kappa shape index (κ1) is 17.0. The van der Waals surface area contributed by atoms with Crippen molar-refractivity contribution in [3.63, 3.8) is 0 Å². The van der Waals surface area contributed by atoms with E-state index in [4.69, 9.17) is 4.74 Å². The number of fused-ring (bicyclic) bond motifs is 5. The molecule has 4 aliphatic carbocycles. The van der Waals surface area contributed by atoms with Crippen LogP contribution in [0.25, 0.3) is 0 Å². The average Bonchev–Trinajstić information content (AvgIpc) is 3.28. The second-order valence-electron chi connectivity index (χ2n) is 11.1. The summed E-state index contributed by atoms with van der Waals surface area (Å²) in [6.45, 7) is 8.38. The van der Waals surface area contributed by atoms with Gasteiger partial charge in [-0.2, -0.15) is 0 Å². The zero-order chi connectivity index (χ0) is 17.5. The van der Waals surface area contributed by atoms with E-state index in [1.165, 1.54) is 51.4 Å². The number of rotatable bonds is 2. The standard InChI is InChI=1S/C23H38O2/c1-4-9-23(24)11-8-19-17-6-5-16-14-22(15-25-22)13-12-20(16,2)18(17)7-10-21(19,23)3/h16-19,24H,4-15H2,1-3H3. The van der Waals surface area contributed by atoms with Gasteiger partial charge >= 0.3 is 0 Å². The third-order valence-corrected chi connectivity index (χ3v) is 10.3. The number of hydrogen-bond donors (Lipinski definition) is 1. The van der Waals surface area contributed by atoms with Crippen molar-refractivity contribution >= 4 is 0 Å². The SMILES string of the molecule is CCCC1(O)CCC2C3CCC4CC5(CCC4(C)C3CCC21C)CO5. The third-order valence-electron chi connectivity index (χ3n) is 10.3. The van der Waals surface area contributed by atoms with Crippen LogP contribution in [0.4, 0.5) is 0 Å². The minimum absolute atomic E-state index is 0.183. The van der Waals surface area contributed by atoms with Crippen molar-refractivity contribution in [1.29, 1.82) is 0 Å². The Kier molecular flexibility index (Phi) is 3.58. The Hall–Kier alpha value is -0.0800. The number of hydrogen-bond acceptors (Lipinski definition) is 2. The molecule has 0 radical (unpaired) electrons. The predicted molar refractivity (Wildman–Crippen MR) is 100 cm³/mol. The molecule has 1 spiro atoms. The first-order valence-electron chi connectivity index (χ1n) is 11.2. The highest BCUT2D eigenvalue weighted by Gasteiger charge is 2.65. The Balaban J connectivity index is 1.42. The summed E-state index contributed by atoms with van der Waals surface area (Å²) in [5.74, 6) is 3.45. The van der Waals surface area contributed by atoms with Crippen LogP contribution in [0.1, 0.15) is 91.4 Å². The normalized spacial score (nSPS) is 60.0. The van der Waals surface area contributed by atoms with Gasteiger partial charge in [0.2, 0.25) is 0 Å². The highest BCUT2D eigenvalue weighted by molar-refractivity contribution is 5.15. The van der Waals surface area contributed by atoms with Gasteiger partial charge in [-0.3, -0.25) is 0 Å². The molecule has 142 valence electrons. The molecule has 0 bridgehead atoms. The smallest absolute Gasteiger partial charge is 0.0919 e. The fourth-order valence-corrected chi connectivity index (χ4v) is 8.61. The maximum absolute atomic E-state index is 11.5. The average molecular weight is 347 g/mol. The van der Waals surface area contributed by atoms with Crippen LogP contribution in [0.3, 0.4) is 0 Å². The molecule has 4 saturated carbocycles. The van der Waals surface area contributed by atoms with Gasteiger partial charge in [0.05, 0.1) is 17.8 Å². The van der Waals surface area contributed by atoms with Gasteiger partial charge in [-0.1, -0.05) is 27.2 Å². The summed E-state index contributed by atoms with van der Waals surface area (Å²) >= 11 is 0. The van der Waals surface area contributed by atoms with E-state index < -0.39 is 0 Å². The summed E-state index contributed by atoms with van der Waals surface area (Å²) in [7, 11) is 0. The van der Waals surface area contributed by atoms with Crippen LogP contribution in [0, 0.1) is 34.5 Å². The monoisotopic (exact) mass is 346 g/mol. The summed E-state index contributed by atoms with van der Waals surface area (Å²) < 4.78 is 5.87. The van der Waals surface area contributed by atoms with E-state index in [2.05, 4.69) is 20.8 Å². The first-order chi connectivity index (χ1) is 11.9.